The fourth-order valence-corrected chi connectivity index (χ4v) is 4.90. The molecule has 0 aliphatic carbocycles. The third kappa shape index (κ3) is 4.48. The van der Waals surface area contributed by atoms with Gasteiger partial charge in [-0.15, -0.1) is 0 Å². The summed E-state index contributed by atoms with van der Waals surface area (Å²) < 4.78 is 1.74. The highest BCUT2D eigenvalue weighted by Crippen LogP contribution is 2.26. The Balaban J connectivity index is 1.52. The number of aromatic nitrogens is 3. The van der Waals surface area contributed by atoms with Gasteiger partial charge >= 0.3 is 0 Å². The largest absolute Gasteiger partial charge is 0.369 e. The lowest BCUT2D eigenvalue weighted by molar-refractivity contribution is 0.332. The Labute approximate surface area is 199 Å². The Bertz CT molecular complexity index is 1370. The first-order valence-corrected chi connectivity index (χ1v) is 12.3. The molecular weight excluding hydrogens is 424 g/mol. The maximum Gasteiger partial charge on any atom is 0.264 e. The SMILES string of the molecule is CCCCNc1nc(N)nc2ccn(Cc3ccc(CN4CCCC4)c4ccccc34)c(=O)c12. The summed E-state index contributed by atoms with van der Waals surface area (Å²) in [6.07, 6.45) is 6.41. The van der Waals surface area contributed by atoms with Crippen LogP contribution in [0.4, 0.5) is 11.8 Å². The topological polar surface area (TPSA) is 89.1 Å². The number of nitrogen functional groups attached to an aromatic ring is 1. The van der Waals surface area contributed by atoms with Crippen LogP contribution in [0.15, 0.2) is 53.5 Å². The van der Waals surface area contributed by atoms with Gasteiger partial charge in [-0.3, -0.25) is 9.69 Å². The number of hydrogen-bond acceptors (Lipinski definition) is 6. The van der Waals surface area contributed by atoms with Crippen LogP contribution in [0.2, 0.25) is 0 Å². The van der Waals surface area contributed by atoms with Crippen LogP contribution in [0.5, 0.6) is 0 Å². The van der Waals surface area contributed by atoms with Crippen molar-refractivity contribution in [2.75, 3.05) is 30.7 Å². The molecule has 5 rings (SSSR count). The van der Waals surface area contributed by atoms with Gasteiger partial charge in [-0.05, 0) is 60.3 Å². The molecule has 4 aromatic rings. The molecule has 2 aromatic carbocycles. The van der Waals surface area contributed by atoms with Crippen molar-refractivity contribution < 1.29 is 0 Å². The van der Waals surface area contributed by atoms with E-state index >= 15 is 0 Å². The van der Waals surface area contributed by atoms with Crippen LogP contribution in [0, 0.1) is 0 Å². The third-order valence-corrected chi connectivity index (χ3v) is 6.70. The van der Waals surface area contributed by atoms with Crippen LogP contribution in [0.1, 0.15) is 43.7 Å². The lowest BCUT2D eigenvalue weighted by Crippen LogP contribution is -2.23. The lowest BCUT2D eigenvalue weighted by atomic mass is 9.99. The number of hydrogen-bond donors (Lipinski definition) is 2. The van der Waals surface area contributed by atoms with E-state index in [9.17, 15) is 4.79 Å². The fraction of sp³-hybridized carbons (Fsp3) is 0.370. The smallest absolute Gasteiger partial charge is 0.264 e. The van der Waals surface area contributed by atoms with E-state index in [-0.39, 0.29) is 11.5 Å². The van der Waals surface area contributed by atoms with Crippen LogP contribution >= 0.6 is 0 Å². The van der Waals surface area contributed by atoms with Crippen LogP contribution in [0.25, 0.3) is 21.7 Å². The van der Waals surface area contributed by atoms with Gasteiger partial charge in [-0.1, -0.05) is 49.7 Å². The molecule has 176 valence electrons. The zero-order valence-corrected chi connectivity index (χ0v) is 19.8. The normalized spacial score (nSPS) is 14.3. The molecule has 1 aliphatic rings. The quantitative estimate of drug-likeness (QED) is 0.383. The molecule has 2 aromatic heterocycles. The number of rotatable bonds is 8. The summed E-state index contributed by atoms with van der Waals surface area (Å²) in [6.45, 7) is 6.66. The average molecular weight is 457 g/mol. The fourth-order valence-electron chi connectivity index (χ4n) is 4.90. The first kappa shape index (κ1) is 22.3. The molecule has 1 aliphatic heterocycles. The zero-order valence-electron chi connectivity index (χ0n) is 19.8. The Morgan fingerprint density at radius 1 is 0.971 bits per heavy atom. The second-order valence-corrected chi connectivity index (χ2v) is 9.13. The Morgan fingerprint density at radius 2 is 1.68 bits per heavy atom. The molecule has 7 nitrogen and oxygen atoms in total. The third-order valence-electron chi connectivity index (χ3n) is 6.70. The molecule has 34 heavy (non-hydrogen) atoms. The summed E-state index contributed by atoms with van der Waals surface area (Å²) in [7, 11) is 0. The van der Waals surface area contributed by atoms with Crippen molar-refractivity contribution >= 4 is 33.4 Å². The molecular formula is C27H32N6O. The van der Waals surface area contributed by atoms with Crippen molar-refractivity contribution in [3.63, 3.8) is 0 Å². The van der Waals surface area contributed by atoms with Crippen molar-refractivity contribution in [3.8, 4) is 0 Å². The first-order chi connectivity index (χ1) is 16.6. The molecule has 0 amide bonds. The predicted molar refractivity (Wildman–Crippen MR) is 139 cm³/mol. The number of benzene rings is 2. The zero-order chi connectivity index (χ0) is 23.5. The molecule has 3 N–H and O–H groups in total. The monoisotopic (exact) mass is 456 g/mol. The van der Waals surface area contributed by atoms with E-state index in [0.717, 1.165) is 31.5 Å². The van der Waals surface area contributed by atoms with Crippen LogP contribution in [-0.2, 0) is 13.1 Å². The minimum Gasteiger partial charge on any atom is -0.369 e. The molecule has 7 heteroatoms. The molecule has 0 radical (unpaired) electrons. The van der Waals surface area contributed by atoms with Crippen molar-refractivity contribution in [1.29, 1.82) is 0 Å². The van der Waals surface area contributed by atoms with E-state index < -0.39 is 0 Å². The maximum absolute atomic E-state index is 13.5. The number of anilines is 2. The number of unbranched alkanes of at least 4 members (excludes halogenated alkanes) is 1. The molecule has 1 fully saturated rings. The average Bonchev–Trinajstić information content (AvgIpc) is 3.35. The van der Waals surface area contributed by atoms with Gasteiger partial charge in [0.25, 0.3) is 5.56 Å². The first-order valence-electron chi connectivity index (χ1n) is 12.3. The Kier molecular flexibility index (Phi) is 6.45. The molecule has 0 atom stereocenters. The van der Waals surface area contributed by atoms with Crippen molar-refractivity contribution in [3.05, 3.63) is 70.1 Å². The second kappa shape index (κ2) is 9.81. The number of pyridine rings is 1. The number of likely N-dealkylation sites (tertiary alicyclic amines) is 1. The standard InChI is InChI=1S/C27H32N6O/c1-2-3-13-29-25-24-23(30-27(28)31-25)12-16-33(26(24)34)18-20-11-10-19(17-32-14-6-7-15-32)21-8-4-5-9-22(20)21/h4-5,8-12,16H,2-3,6-7,13-15,17-18H2,1H3,(H3,28,29,30,31). The molecule has 1 saturated heterocycles. The molecule has 3 heterocycles. The van der Waals surface area contributed by atoms with Gasteiger partial charge < -0.3 is 15.6 Å². The van der Waals surface area contributed by atoms with Gasteiger partial charge in [0, 0.05) is 19.3 Å². The summed E-state index contributed by atoms with van der Waals surface area (Å²) in [5.74, 6) is 0.685. The number of nitrogens with two attached hydrogens (primary N) is 1. The number of nitrogens with one attached hydrogen (secondary N) is 1. The molecule has 0 saturated carbocycles. The highest BCUT2D eigenvalue weighted by atomic mass is 16.1. The van der Waals surface area contributed by atoms with Crippen LogP contribution in [-0.4, -0.2) is 39.1 Å². The Hall–Kier alpha value is -3.45. The highest BCUT2D eigenvalue weighted by Gasteiger charge is 2.16. The summed E-state index contributed by atoms with van der Waals surface area (Å²) in [5, 5.41) is 6.23. The van der Waals surface area contributed by atoms with Gasteiger partial charge in [-0.2, -0.15) is 4.98 Å². The minimum absolute atomic E-state index is 0.110. The second-order valence-electron chi connectivity index (χ2n) is 9.13. The minimum atomic E-state index is -0.110. The summed E-state index contributed by atoms with van der Waals surface area (Å²) >= 11 is 0. The summed E-state index contributed by atoms with van der Waals surface area (Å²) in [5.41, 5.74) is 8.83. The van der Waals surface area contributed by atoms with E-state index in [4.69, 9.17) is 5.73 Å². The maximum atomic E-state index is 13.5. The molecule has 0 unspecified atom stereocenters. The number of fused-ring (bicyclic) bond motifs is 2. The van der Waals surface area contributed by atoms with Crippen molar-refractivity contribution in [2.24, 2.45) is 0 Å². The number of nitrogens with zero attached hydrogens (tertiary/aromatic N) is 4. The van der Waals surface area contributed by atoms with Crippen molar-refractivity contribution in [2.45, 2.75) is 45.7 Å². The predicted octanol–water partition coefficient (Wildman–Crippen LogP) is 4.38. The summed E-state index contributed by atoms with van der Waals surface area (Å²) in [4.78, 5) is 24.7. The van der Waals surface area contributed by atoms with Crippen LogP contribution < -0.4 is 16.6 Å². The Morgan fingerprint density at radius 3 is 2.38 bits per heavy atom. The summed E-state index contributed by atoms with van der Waals surface area (Å²) in [6, 6.07) is 14.8. The molecule has 0 bridgehead atoms. The van der Waals surface area contributed by atoms with Crippen LogP contribution in [0.3, 0.4) is 0 Å². The van der Waals surface area contributed by atoms with E-state index in [1.165, 1.54) is 42.3 Å². The lowest BCUT2D eigenvalue weighted by Gasteiger charge is -2.18. The van der Waals surface area contributed by atoms with Gasteiger partial charge in [0.1, 0.15) is 11.2 Å². The van der Waals surface area contributed by atoms with Gasteiger partial charge in [0.15, 0.2) is 0 Å². The van der Waals surface area contributed by atoms with Crippen molar-refractivity contribution in [1.82, 2.24) is 19.4 Å². The van der Waals surface area contributed by atoms with E-state index in [2.05, 4.69) is 63.5 Å². The highest BCUT2D eigenvalue weighted by molar-refractivity contribution is 5.90. The van der Waals surface area contributed by atoms with Gasteiger partial charge in [-0.25, -0.2) is 4.98 Å². The molecule has 0 spiro atoms. The van der Waals surface area contributed by atoms with Gasteiger partial charge in [0.05, 0.1) is 12.1 Å². The van der Waals surface area contributed by atoms with E-state index in [1.54, 1.807) is 10.8 Å². The van der Waals surface area contributed by atoms with Gasteiger partial charge in [0.2, 0.25) is 5.95 Å². The van der Waals surface area contributed by atoms with E-state index in [0.29, 0.717) is 23.3 Å². The van der Waals surface area contributed by atoms with E-state index in [1.807, 2.05) is 6.07 Å².